The molecule has 0 spiro atoms. The van der Waals surface area contributed by atoms with Gasteiger partial charge in [0, 0.05) is 17.9 Å². The van der Waals surface area contributed by atoms with E-state index in [1.165, 1.54) is 0 Å². The largest absolute Gasteiger partial charge is 0.396 e. The van der Waals surface area contributed by atoms with Gasteiger partial charge in [0.1, 0.15) is 0 Å². The molecular formula is C5H12N2OS. The molecule has 0 aromatic rings. The lowest BCUT2D eigenvalue weighted by Crippen LogP contribution is -2.10. The molecule has 0 fully saturated rings. The molecule has 0 atom stereocenters. The van der Waals surface area contributed by atoms with Gasteiger partial charge in [-0.1, -0.05) is 0 Å². The van der Waals surface area contributed by atoms with Gasteiger partial charge in [-0.3, -0.25) is 5.41 Å². The van der Waals surface area contributed by atoms with Crippen LogP contribution >= 0.6 is 11.8 Å². The molecule has 0 unspecified atom stereocenters. The molecule has 0 aliphatic carbocycles. The minimum Gasteiger partial charge on any atom is -0.396 e. The molecule has 0 aromatic carbocycles. The highest BCUT2D eigenvalue weighted by molar-refractivity contribution is 7.99. The zero-order chi connectivity index (χ0) is 7.11. The predicted molar refractivity (Wildman–Crippen MR) is 40.9 cm³/mol. The standard InChI is InChI=1S/C5H12N2OS/c6-5(7)1-3-9-4-2-8/h8H,1-4H2,(H3,6,7). The number of aliphatic hydroxyl groups is 1. The fourth-order valence-electron chi connectivity index (χ4n) is 0.349. The lowest BCUT2D eigenvalue weighted by Gasteiger charge is -1.95. The third kappa shape index (κ3) is 7.78. The third-order valence-electron chi connectivity index (χ3n) is 0.751. The number of hydrogen-bond donors (Lipinski definition) is 3. The molecule has 0 aliphatic heterocycles. The van der Waals surface area contributed by atoms with Gasteiger partial charge in [-0.15, -0.1) is 0 Å². The number of nitrogens with two attached hydrogens (primary N) is 1. The van der Waals surface area contributed by atoms with Crippen LogP contribution in [0, 0.1) is 5.41 Å². The van der Waals surface area contributed by atoms with Crippen molar-refractivity contribution in [3.63, 3.8) is 0 Å². The average Bonchev–Trinajstić information content (AvgIpc) is 1.80. The van der Waals surface area contributed by atoms with E-state index in [9.17, 15) is 0 Å². The maximum atomic E-state index is 8.33. The molecule has 0 saturated carbocycles. The van der Waals surface area contributed by atoms with Crippen molar-refractivity contribution in [3.05, 3.63) is 0 Å². The van der Waals surface area contributed by atoms with Crippen LogP contribution in [0.25, 0.3) is 0 Å². The van der Waals surface area contributed by atoms with Crippen LogP contribution in [0.4, 0.5) is 0 Å². The number of nitrogens with one attached hydrogen (secondary N) is 1. The summed E-state index contributed by atoms with van der Waals surface area (Å²) in [4.78, 5) is 0. The summed E-state index contributed by atoms with van der Waals surface area (Å²) in [5.41, 5.74) is 5.08. The highest BCUT2D eigenvalue weighted by Gasteiger charge is 1.89. The fourth-order valence-corrected chi connectivity index (χ4v) is 1.05. The van der Waals surface area contributed by atoms with E-state index >= 15 is 0 Å². The van der Waals surface area contributed by atoms with Gasteiger partial charge in [-0.25, -0.2) is 0 Å². The number of amidine groups is 1. The lowest BCUT2D eigenvalue weighted by atomic mass is 10.5. The molecule has 4 heteroatoms. The molecule has 0 heterocycles. The van der Waals surface area contributed by atoms with Gasteiger partial charge in [-0.2, -0.15) is 11.8 Å². The van der Waals surface area contributed by atoms with Crippen molar-refractivity contribution in [2.45, 2.75) is 6.42 Å². The maximum Gasteiger partial charge on any atom is 0.0913 e. The predicted octanol–water partition coefficient (Wildman–Crippen LogP) is 0.0380. The first-order chi connectivity index (χ1) is 4.27. The molecule has 0 saturated heterocycles. The van der Waals surface area contributed by atoms with E-state index in [4.69, 9.17) is 16.2 Å². The molecule has 0 rings (SSSR count). The molecule has 0 amide bonds. The second-order valence-electron chi connectivity index (χ2n) is 1.61. The van der Waals surface area contributed by atoms with Gasteiger partial charge in [-0.05, 0) is 0 Å². The molecule has 0 aromatic heterocycles. The van der Waals surface area contributed by atoms with E-state index < -0.39 is 0 Å². The Balaban J connectivity index is 2.83. The summed E-state index contributed by atoms with van der Waals surface area (Å²) in [6.07, 6.45) is 0.630. The fraction of sp³-hybridized carbons (Fsp3) is 0.800. The van der Waals surface area contributed by atoms with E-state index in [1.807, 2.05) is 0 Å². The molecule has 9 heavy (non-hydrogen) atoms. The Morgan fingerprint density at radius 2 is 2.22 bits per heavy atom. The summed E-state index contributed by atoms with van der Waals surface area (Å²) >= 11 is 1.61. The average molecular weight is 148 g/mol. The zero-order valence-electron chi connectivity index (χ0n) is 5.26. The summed E-state index contributed by atoms with van der Waals surface area (Å²) in [7, 11) is 0. The van der Waals surface area contributed by atoms with Crippen LogP contribution in [0.15, 0.2) is 0 Å². The van der Waals surface area contributed by atoms with Crippen LogP contribution in [0.5, 0.6) is 0 Å². The minimum atomic E-state index is 0.211. The van der Waals surface area contributed by atoms with Crippen molar-refractivity contribution >= 4 is 17.6 Å². The second-order valence-corrected chi connectivity index (χ2v) is 2.84. The summed E-state index contributed by atoms with van der Waals surface area (Å²) in [6, 6.07) is 0. The molecule has 4 N–H and O–H groups in total. The summed E-state index contributed by atoms with van der Waals surface area (Å²) in [5.74, 6) is 1.81. The van der Waals surface area contributed by atoms with Gasteiger partial charge in [0.05, 0.1) is 12.4 Å². The Labute approximate surface area is 59.1 Å². The Morgan fingerprint density at radius 1 is 1.56 bits per heavy atom. The van der Waals surface area contributed by atoms with E-state index in [0.717, 1.165) is 11.5 Å². The number of rotatable bonds is 5. The van der Waals surface area contributed by atoms with E-state index in [0.29, 0.717) is 6.42 Å². The third-order valence-corrected chi connectivity index (χ3v) is 1.72. The Morgan fingerprint density at radius 3 is 2.67 bits per heavy atom. The van der Waals surface area contributed by atoms with Crippen LogP contribution in [-0.4, -0.2) is 29.1 Å². The van der Waals surface area contributed by atoms with Gasteiger partial charge >= 0.3 is 0 Å². The maximum absolute atomic E-state index is 8.33. The first-order valence-corrected chi connectivity index (χ1v) is 3.94. The quantitative estimate of drug-likeness (QED) is 0.293. The number of thioether (sulfide) groups is 1. The van der Waals surface area contributed by atoms with Crippen LogP contribution in [0.3, 0.4) is 0 Å². The summed E-state index contributed by atoms with van der Waals surface area (Å²) in [6.45, 7) is 0.211. The Hall–Kier alpha value is -0.220. The molecule has 0 bridgehead atoms. The summed E-state index contributed by atoms with van der Waals surface area (Å²) in [5, 5.41) is 15.2. The Bertz CT molecular complexity index is 87.0. The van der Waals surface area contributed by atoms with E-state index in [1.54, 1.807) is 11.8 Å². The molecule has 54 valence electrons. The topological polar surface area (TPSA) is 70.1 Å². The van der Waals surface area contributed by atoms with Crippen molar-refractivity contribution in [2.75, 3.05) is 18.1 Å². The number of aliphatic hydroxyl groups excluding tert-OH is 1. The van der Waals surface area contributed by atoms with Crippen LogP contribution in [0.1, 0.15) is 6.42 Å². The highest BCUT2D eigenvalue weighted by Crippen LogP contribution is 1.99. The minimum absolute atomic E-state index is 0.211. The molecule has 0 radical (unpaired) electrons. The highest BCUT2D eigenvalue weighted by atomic mass is 32.2. The zero-order valence-corrected chi connectivity index (χ0v) is 6.08. The van der Waals surface area contributed by atoms with Crippen LogP contribution in [-0.2, 0) is 0 Å². The first kappa shape index (κ1) is 8.78. The molecule has 0 aliphatic rings. The van der Waals surface area contributed by atoms with Gasteiger partial charge < -0.3 is 10.8 Å². The van der Waals surface area contributed by atoms with Crippen molar-refractivity contribution in [3.8, 4) is 0 Å². The number of hydrogen-bond acceptors (Lipinski definition) is 3. The van der Waals surface area contributed by atoms with Crippen molar-refractivity contribution < 1.29 is 5.11 Å². The van der Waals surface area contributed by atoms with Crippen molar-refractivity contribution in [2.24, 2.45) is 5.73 Å². The van der Waals surface area contributed by atoms with Gasteiger partial charge in [0.2, 0.25) is 0 Å². The normalized spacial score (nSPS) is 9.44. The van der Waals surface area contributed by atoms with Crippen LogP contribution < -0.4 is 5.73 Å². The Kier molecular flexibility index (Phi) is 5.76. The van der Waals surface area contributed by atoms with Gasteiger partial charge in [0.15, 0.2) is 0 Å². The summed E-state index contributed by atoms with van der Waals surface area (Å²) < 4.78 is 0. The molecule has 3 nitrogen and oxygen atoms in total. The van der Waals surface area contributed by atoms with Crippen LogP contribution in [0.2, 0.25) is 0 Å². The monoisotopic (exact) mass is 148 g/mol. The lowest BCUT2D eigenvalue weighted by molar-refractivity contribution is 0.322. The van der Waals surface area contributed by atoms with Crippen molar-refractivity contribution in [1.29, 1.82) is 5.41 Å². The SMILES string of the molecule is N=C(N)CCSCCO. The first-order valence-electron chi connectivity index (χ1n) is 2.79. The smallest absolute Gasteiger partial charge is 0.0913 e. The van der Waals surface area contributed by atoms with Gasteiger partial charge in [0.25, 0.3) is 0 Å². The van der Waals surface area contributed by atoms with E-state index in [2.05, 4.69) is 0 Å². The molecular weight excluding hydrogens is 136 g/mol. The second kappa shape index (κ2) is 5.91. The van der Waals surface area contributed by atoms with Crippen molar-refractivity contribution in [1.82, 2.24) is 0 Å². The van der Waals surface area contributed by atoms with E-state index in [-0.39, 0.29) is 12.4 Å².